The number of fused-ring (bicyclic) bond motifs is 1. The number of hydrogen-bond donors (Lipinski definition) is 1. The summed E-state index contributed by atoms with van der Waals surface area (Å²) in [6, 6.07) is 13.2. The van der Waals surface area contributed by atoms with Crippen LogP contribution in [-0.2, 0) is 11.2 Å². The van der Waals surface area contributed by atoms with Gasteiger partial charge in [-0.3, -0.25) is 4.79 Å². The quantitative estimate of drug-likeness (QED) is 0.907. The lowest BCUT2D eigenvalue weighted by Gasteiger charge is -2.24. The molecule has 3 rings (SSSR count). The Morgan fingerprint density at radius 1 is 1.20 bits per heavy atom. The minimum Gasteiger partial charge on any atom is -0.406 e. The lowest BCUT2D eigenvalue weighted by molar-refractivity contribution is -0.274. The highest BCUT2D eigenvalue weighted by molar-refractivity contribution is 5.94. The van der Waals surface area contributed by atoms with Crippen molar-refractivity contribution in [2.45, 2.75) is 25.7 Å². The van der Waals surface area contributed by atoms with E-state index in [0.717, 1.165) is 24.2 Å². The Bertz CT molecular complexity index is 760. The second-order valence-electron chi connectivity index (χ2n) is 5.93. The number of rotatable bonds is 4. The molecule has 1 aliphatic heterocycles. The smallest absolute Gasteiger partial charge is 0.406 e. The average molecular weight is 350 g/mol. The van der Waals surface area contributed by atoms with E-state index in [1.54, 1.807) is 0 Å². The molecular formula is C18H17F3N2O2. The van der Waals surface area contributed by atoms with Crippen molar-refractivity contribution in [3.8, 4) is 5.75 Å². The van der Waals surface area contributed by atoms with Gasteiger partial charge in [-0.15, -0.1) is 13.2 Å². The SMILES string of the molecule is C[C@H]1Cc2ccccc2N1CC(=O)Nc1ccc(OC(F)(F)F)cc1. The molecule has 7 heteroatoms. The predicted octanol–water partition coefficient (Wildman–Crippen LogP) is 3.97. The van der Waals surface area contributed by atoms with Gasteiger partial charge in [0.2, 0.25) is 5.91 Å². The number of nitrogens with zero attached hydrogens (tertiary/aromatic N) is 1. The monoisotopic (exact) mass is 350 g/mol. The first-order valence-electron chi connectivity index (χ1n) is 7.82. The van der Waals surface area contributed by atoms with Crippen LogP contribution in [0.5, 0.6) is 5.75 Å². The molecule has 1 N–H and O–H groups in total. The number of ether oxygens (including phenoxy) is 1. The summed E-state index contributed by atoms with van der Waals surface area (Å²) in [5, 5.41) is 2.69. The third-order valence-corrected chi connectivity index (χ3v) is 4.03. The van der Waals surface area contributed by atoms with Gasteiger partial charge >= 0.3 is 6.36 Å². The molecule has 1 aliphatic rings. The molecule has 1 amide bonds. The second-order valence-corrected chi connectivity index (χ2v) is 5.93. The first-order chi connectivity index (χ1) is 11.8. The van der Waals surface area contributed by atoms with Crippen LogP contribution >= 0.6 is 0 Å². The van der Waals surface area contributed by atoms with Crippen LogP contribution in [0, 0.1) is 0 Å². The Kier molecular flexibility index (Phi) is 4.57. The van der Waals surface area contributed by atoms with Gasteiger partial charge in [0.05, 0.1) is 6.54 Å². The van der Waals surface area contributed by atoms with Gasteiger partial charge in [-0.1, -0.05) is 18.2 Å². The van der Waals surface area contributed by atoms with Gasteiger partial charge in [0.1, 0.15) is 5.75 Å². The largest absolute Gasteiger partial charge is 0.573 e. The standard InChI is InChI=1S/C18H17F3N2O2/c1-12-10-13-4-2-3-5-16(13)23(12)11-17(24)22-14-6-8-15(9-7-14)25-18(19,20)21/h2-9,12H,10-11H2,1H3,(H,22,24)/t12-/m0/s1. The molecule has 2 aromatic carbocycles. The number of carbonyl (C=O) groups is 1. The van der Waals surface area contributed by atoms with E-state index in [9.17, 15) is 18.0 Å². The van der Waals surface area contributed by atoms with Crippen LogP contribution in [-0.4, -0.2) is 24.9 Å². The fourth-order valence-electron chi connectivity index (χ4n) is 2.97. The summed E-state index contributed by atoms with van der Waals surface area (Å²) in [4.78, 5) is 14.3. The molecule has 0 unspecified atom stereocenters. The molecule has 0 saturated carbocycles. The van der Waals surface area contributed by atoms with Gasteiger partial charge in [-0.05, 0) is 49.2 Å². The molecule has 2 aromatic rings. The maximum Gasteiger partial charge on any atom is 0.573 e. The minimum absolute atomic E-state index is 0.180. The molecule has 1 atom stereocenters. The number of halogens is 3. The van der Waals surface area contributed by atoms with Crippen LogP contribution in [0.15, 0.2) is 48.5 Å². The van der Waals surface area contributed by atoms with Gasteiger partial charge in [-0.2, -0.15) is 0 Å². The zero-order valence-corrected chi connectivity index (χ0v) is 13.5. The first-order valence-corrected chi connectivity index (χ1v) is 7.82. The number of para-hydroxylation sites is 1. The molecule has 0 fully saturated rings. The lowest BCUT2D eigenvalue weighted by atomic mass is 10.1. The molecule has 0 spiro atoms. The minimum atomic E-state index is -4.73. The second kappa shape index (κ2) is 6.66. The number of nitrogens with one attached hydrogen (secondary N) is 1. The maximum absolute atomic E-state index is 12.3. The van der Waals surface area contributed by atoms with Crippen molar-refractivity contribution < 1.29 is 22.7 Å². The van der Waals surface area contributed by atoms with Crippen molar-refractivity contribution >= 4 is 17.3 Å². The summed E-state index contributed by atoms with van der Waals surface area (Å²) >= 11 is 0. The van der Waals surface area contributed by atoms with E-state index in [2.05, 4.69) is 17.0 Å². The van der Waals surface area contributed by atoms with Gasteiger partial charge in [0.15, 0.2) is 0 Å². The van der Waals surface area contributed by atoms with E-state index in [4.69, 9.17) is 0 Å². The molecule has 0 radical (unpaired) electrons. The number of amides is 1. The molecule has 132 valence electrons. The van der Waals surface area contributed by atoms with Crippen LogP contribution in [0.2, 0.25) is 0 Å². The topological polar surface area (TPSA) is 41.6 Å². The number of alkyl halides is 3. The van der Waals surface area contributed by atoms with Gasteiger partial charge < -0.3 is 15.0 Å². The summed E-state index contributed by atoms with van der Waals surface area (Å²) in [5.41, 5.74) is 2.66. The van der Waals surface area contributed by atoms with Gasteiger partial charge in [0.25, 0.3) is 0 Å². The van der Waals surface area contributed by atoms with E-state index in [1.807, 2.05) is 29.2 Å². The Hall–Kier alpha value is -2.70. The van der Waals surface area contributed by atoms with Crippen molar-refractivity contribution in [1.82, 2.24) is 0 Å². The fourth-order valence-corrected chi connectivity index (χ4v) is 2.97. The molecule has 0 aliphatic carbocycles. The van der Waals surface area contributed by atoms with Crippen LogP contribution < -0.4 is 15.0 Å². The molecule has 25 heavy (non-hydrogen) atoms. The third kappa shape index (κ3) is 4.23. The van der Waals surface area contributed by atoms with Crippen LogP contribution in [0.3, 0.4) is 0 Å². The van der Waals surface area contributed by atoms with E-state index in [0.29, 0.717) is 5.69 Å². The van der Waals surface area contributed by atoms with Crippen molar-refractivity contribution in [3.05, 3.63) is 54.1 Å². The van der Waals surface area contributed by atoms with Crippen molar-refractivity contribution in [1.29, 1.82) is 0 Å². The number of anilines is 2. The zero-order valence-electron chi connectivity index (χ0n) is 13.5. The van der Waals surface area contributed by atoms with Crippen LogP contribution in [0.25, 0.3) is 0 Å². The van der Waals surface area contributed by atoms with Crippen molar-refractivity contribution in [2.24, 2.45) is 0 Å². The highest BCUT2D eigenvalue weighted by Crippen LogP contribution is 2.31. The van der Waals surface area contributed by atoms with E-state index < -0.39 is 6.36 Å². The summed E-state index contributed by atoms with van der Waals surface area (Å²) in [6.07, 6.45) is -3.85. The predicted molar refractivity (Wildman–Crippen MR) is 88.7 cm³/mol. The Morgan fingerprint density at radius 2 is 1.88 bits per heavy atom. The normalized spacial score (nSPS) is 16.5. The number of carbonyl (C=O) groups excluding carboxylic acids is 1. The summed E-state index contributed by atoms with van der Waals surface area (Å²) in [5.74, 6) is -0.555. The number of hydrogen-bond acceptors (Lipinski definition) is 3. The Balaban J connectivity index is 1.61. The highest BCUT2D eigenvalue weighted by Gasteiger charge is 2.31. The molecule has 0 bridgehead atoms. The molecule has 0 saturated heterocycles. The van der Waals surface area contributed by atoms with Crippen molar-refractivity contribution in [3.63, 3.8) is 0 Å². The van der Waals surface area contributed by atoms with Gasteiger partial charge in [-0.25, -0.2) is 0 Å². The van der Waals surface area contributed by atoms with Gasteiger partial charge in [0, 0.05) is 17.4 Å². The maximum atomic E-state index is 12.3. The fraction of sp³-hybridized carbons (Fsp3) is 0.278. The summed E-state index contributed by atoms with van der Waals surface area (Å²) in [7, 11) is 0. The van der Waals surface area contributed by atoms with E-state index >= 15 is 0 Å². The van der Waals surface area contributed by atoms with E-state index in [1.165, 1.54) is 17.7 Å². The number of benzene rings is 2. The summed E-state index contributed by atoms with van der Waals surface area (Å²) in [6.45, 7) is 2.23. The van der Waals surface area contributed by atoms with E-state index in [-0.39, 0.29) is 24.2 Å². The zero-order chi connectivity index (χ0) is 18.0. The van der Waals surface area contributed by atoms with Crippen molar-refractivity contribution in [2.75, 3.05) is 16.8 Å². The third-order valence-electron chi connectivity index (χ3n) is 4.03. The molecule has 1 heterocycles. The molecule has 0 aromatic heterocycles. The average Bonchev–Trinajstić information content (AvgIpc) is 2.84. The highest BCUT2D eigenvalue weighted by atomic mass is 19.4. The molecule has 4 nitrogen and oxygen atoms in total. The first kappa shape index (κ1) is 17.1. The Morgan fingerprint density at radius 3 is 2.56 bits per heavy atom. The van der Waals surface area contributed by atoms with Crippen LogP contribution in [0.4, 0.5) is 24.5 Å². The molecular weight excluding hydrogens is 333 g/mol. The lowest BCUT2D eigenvalue weighted by Crippen LogP contribution is -2.37. The Labute approximate surface area is 143 Å². The van der Waals surface area contributed by atoms with Crippen LogP contribution in [0.1, 0.15) is 12.5 Å². The summed E-state index contributed by atoms with van der Waals surface area (Å²) < 4.78 is 40.2.